The van der Waals surface area contributed by atoms with Gasteiger partial charge in [-0.15, -0.1) is 0 Å². The van der Waals surface area contributed by atoms with Crippen molar-refractivity contribution in [3.05, 3.63) is 54.2 Å². The van der Waals surface area contributed by atoms with Gasteiger partial charge < -0.3 is 14.2 Å². The van der Waals surface area contributed by atoms with Crippen LogP contribution >= 0.6 is 0 Å². The van der Waals surface area contributed by atoms with Crippen molar-refractivity contribution < 1.29 is 22.6 Å². The van der Waals surface area contributed by atoms with E-state index in [1.807, 2.05) is 41.8 Å². The minimum atomic E-state index is -3.25. The van der Waals surface area contributed by atoms with E-state index in [1.165, 1.54) is 12.5 Å². The van der Waals surface area contributed by atoms with Crippen LogP contribution in [0.1, 0.15) is 12.5 Å². The molecule has 0 fully saturated rings. The largest absolute Gasteiger partial charge is 0.494 e. The molecular formula is C23H24N4O5S. The second-order valence-electron chi connectivity index (χ2n) is 7.33. The van der Waals surface area contributed by atoms with Crippen molar-refractivity contribution in [2.75, 3.05) is 27.1 Å². The number of para-hydroxylation sites is 1. The van der Waals surface area contributed by atoms with E-state index in [0.29, 0.717) is 57.9 Å². The number of fused-ring (bicyclic) bond motifs is 1. The van der Waals surface area contributed by atoms with Crippen molar-refractivity contribution in [1.82, 2.24) is 19.5 Å². The molecule has 33 heavy (non-hydrogen) atoms. The first-order valence-corrected chi connectivity index (χ1v) is 12.3. The zero-order valence-electron chi connectivity index (χ0n) is 18.8. The van der Waals surface area contributed by atoms with Crippen LogP contribution in [0.25, 0.3) is 28.4 Å². The Morgan fingerprint density at radius 3 is 2.33 bits per heavy atom. The van der Waals surface area contributed by atoms with Crippen molar-refractivity contribution in [2.24, 2.45) is 0 Å². The maximum atomic E-state index is 11.9. The number of pyridine rings is 2. The van der Waals surface area contributed by atoms with Gasteiger partial charge in [0.1, 0.15) is 22.9 Å². The Kier molecular flexibility index (Phi) is 6.19. The number of aromatic nitrogens is 4. The van der Waals surface area contributed by atoms with Crippen molar-refractivity contribution in [3.63, 3.8) is 0 Å². The van der Waals surface area contributed by atoms with Gasteiger partial charge in [-0.3, -0.25) is 4.57 Å². The monoisotopic (exact) mass is 468 g/mol. The van der Waals surface area contributed by atoms with Gasteiger partial charge in [-0.1, -0.05) is 12.1 Å². The zero-order chi connectivity index (χ0) is 23.6. The average molecular weight is 469 g/mol. The Labute approximate surface area is 191 Å². The highest BCUT2D eigenvalue weighted by Crippen LogP contribution is 2.38. The fourth-order valence-corrected chi connectivity index (χ4v) is 4.37. The first-order valence-electron chi connectivity index (χ1n) is 10.2. The Morgan fingerprint density at radius 2 is 1.70 bits per heavy atom. The molecule has 4 rings (SSSR count). The lowest BCUT2D eigenvalue weighted by molar-refractivity contribution is 0.327. The molecular weight excluding hydrogens is 444 g/mol. The molecule has 3 aromatic heterocycles. The van der Waals surface area contributed by atoms with Gasteiger partial charge in [0, 0.05) is 18.5 Å². The van der Waals surface area contributed by atoms with Crippen LogP contribution < -0.4 is 14.2 Å². The normalized spacial score (nSPS) is 11.5. The van der Waals surface area contributed by atoms with Gasteiger partial charge in [-0.25, -0.2) is 23.4 Å². The number of methoxy groups -OCH3 is 2. The second kappa shape index (κ2) is 9.07. The molecule has 9 nitrogen and oxygen atoms in total. The van der Waals surface area contributed by atoms with Crippen LogP contribution in [0, 0.1) is 0 Å². The summed E-state index contributed by atoms with van der Waals surface area (Å²) in [5, 5.41) is 0. The molecule has 10 heteroatoms. The lowest BCUT2D eigenvalue weighted by Gasteiger charge is -2.17. The quantitative estimate of drug-likeness (QED) is 0.387. The Hall–Kier alpha value is -3.66. The molecule has 0 atom stereocenters. The summed E-state index contributed by atoms with van der Waals surface area (Å²) in [4.78, 5) is 13.7. The van der Waals surface area contributed by atoms with E-state index in [4.69, 9.17) is 19.2 Å². The van der Waals surface area contributed by atoms with Crippen LogP contribution in [-0.4, -0.2) is 55.0 Å². The van der Waals surface area contributed by atoms with Gasteiger partial charge in [0.25, 0.3) is 0 Å². The van der Waals surface area contributed by atoms with Crippen molar-refractivity contribution in [3.8, 4) is 34.6 Å². The van der Waals surface area contributed by atoms with E-state index in [9.17, 15) is 8.42 Å². The summed E-state index contributed by atoms with van der Waals surface area (Å²) in [5.41, 5.74) is 2.72. The van der Waals surface area contributed by atoms with Crippen LogP contribution in [0.3, 0.4) is 0 Å². The number of rotatable bonds is 8. The molecule has 172 valence electrons. The smallest absolute Gasteiger partial charge is 0.213 e. The minimum absolute atomic E-state index is 0.141. The second-order valence-corrected chi connectivity index (χ2v) is 9.47. The maximum Gasteiger partial charge on any atom is 0.213 e. The summed E-state index contributed by atoms with van der Waals surface area (Å²) >= 11 is 0. The molecule has 0 N–H and O–H groups in total. The van der Waals surface area contributed by atoms with Crippen LogP contribution in [-0.2, 0) is 15.6 Å². The Morgan fingerprint density at radius 1 is 1.00 bits per heavy atom. The minimum Gasteiger partial charge on any atom is -0.494 e. The lowest BCUT2D eigenvalue weighted by Crippen LogP contribution is -2.05. The summed E-state index contributed by atoms with van der Waals surface area (Å²) in [5.74, 6) is 1.90. The molecule has 1 aromatic carbocycles. The molecule has 0 bridgehead atoms. The van der Waals surface area contributed by atoms with E-state index in [1.54, 1.807) is 26.4 Å². The Balaban J connectivity index is 2.06. The first kappa shape index (κ1) is 22.5. The average Bonchev–Trinajstić information content (AvgIpc) is 3.16. The van der Waals surface area contributed by atoms with Crippen LogP contribution in [0.4, 0.5) is 0 Å². The Bertz CT molecular complexity index is 1390. The number of imidazole rings is 1. The van der Waals surface area contributed by atoms with Gasteiger partial charge in [0.05, 0.1) is 32.1 Å². The van der Waals surface area contributed by atoms with Crippen LogP contribution in [0.15, 0.2) is 48.7 Å². The highest BCUT2D eigenvalue weighted by atomic mass is 32.2. The molecule has 3 heterocycles. The lowest BCUT2D eigenvalue weighted by atomic mass is 10.2. The summed E-state index contributed by atoms with van der Waals surface area (Å²) < 4.78 is 42.5. The van der Waals surface area contributed by atoms with Crippen LogP contribution in [0.5, 0.6) is 17.4 Å². The number of hydrogen-bond donors (Lipinski definition) is 0. The molecule has 0 aliphatic carbocycles. The molecule has 0 aliphatic rings. The molecule has 0 spiro atoms. The number of hydrogen-bond acceptors (Lipinski definition) is 8. The number of nitrogens with zero attached hydrogens (tertiary/aromatic N) is 4. The van der Waals surface area contributed by atoms with Gasteiger partial charge >= 0.3 is 0 Å². The zero-order valence-corrected chi connectivity index (χ0v) is 19.6. The summed E-state index contributed by atoms with van der Waals surface area (Å²) in [6, 6.07) is 12.6. The third-order valence-electron chi connectivity index (χ3n) is 4.87. The van der Waals surface area contributed by atoms with Gasteiger partial charge in [0.15, 0.2) is 21.3 Å². The molecule has 0 aliphatic heterocycles. The molecule has 0 unspecified atom stereocenters. The molecule has 0 saturated carbocycles. The maximum absolute atomic E-state index is 11.9. The molecule has 4 aromatic rings. The van der Waals surface area contributed by atoms with Crippen LogP contribution in [0.2, 0.25) is 0 Å². The highest BCUT2D eigenvalue weighted by molar-refractivity contribution is 7.89. The fourth-order valence-electron chi connectivity index (χ4n) is 3.60. The molecule has 0 saturated heterocycles. The summed E-state index contributed by atoms with van der Waals surface area (Å²) in [7, 11) is -0.119. The van der Waals surface area contributed by atoms with Gasteiger partial charge in [-0.05, 0) is 36.8 Å². The van der Waals surface area contributed by atoms with Crippen molar-refractivity contribution in [1.29, 1.82) is 0 Å². The third kappa shape index (κ3) is 4.61. The topological polar surface area (TPSA) is 105 Å². The van der Waals surface area contributed by atoms with E-state index >= 15 is 0 Å². The van der Waals surface area contributed by atoms with Gasteiger partial charge in [0.2, 0.25) is 5.88 Å². The standard InChI is InChI=1S/C23H24N4O5S/c1-5-32-20-11-6-8-16(25-20)23-26-22-17(12-15(13-24-22)14-33(4,28)29)27(23)21-18(30-2)9-7-10-19(21)31-3/h6-13H,5,14H2,1-4H3. The summed E-state index contributed by atoms with van der Waals surface area (Å²) in [6.45, 7) is 2.36. The third-order valence-corrected chi connectivity index (χ3v) is 5.73. The summed E-state index contributed by atoms with van der Waals surface area (Å²) in [6.07, 6.45) is 2.71. The SMILES string of the molecule is CCOc1cccc(-c2nc3ncc(CS(C)(=O)=O)cc3n2-c2c(OC)cccc2OC)n1. The highest BCUT2D eigenvalue weighted by Gasteiger charge is 2.23. The predicted octanol–water partition coefficient (Wildman–Crippen LogP) is 3.44. The van der Waals surface area contributed by atoms with Gasteiger partial charge in [-0.2, -0.15) is 0 Å². The van der Waals surface area contributed by atoms with Crippen molar-refractivity contribution in [2.45, 2.75) is 12.7 Å². The van der Waals surface area contributed by atoms with E-state index in [0.717, 1.165) is 0 Å². The molecule has 0 radical (unpaired) electrons. The first-order chi connectivity index (χ1) is 15.8. The van der Waals surface area contributed by atoms with E-state index in [2.05, 4.69) is 9.97 Å². The number of sulfone groups is 1. The molecule has 0 amide bonds. The van der Waals surface area contributed by atoms with E-state index in [-0.39, 0.29) is 5.75 Å². The number of ether oxygens (including phenoxy) is 3. The number of benzene rings is 1. The fraction of sp³-hybridized carbons (Fsp3) is 0.261. The predicted molar refractivity (Wildman–Crippen MR) is 125 cm³/mol. The van der Waals surface area contributed by atoms with E-state index < -0.39 is 9.84 Å². The van der Waals surface area contributed by atoms with Crippen molar-refractivity contribution >= 4 is 21.0 Å².